The number of morpholine rings is 1. The molecule has 1 heterocycles. The van der Waals surface area contributed by atoms with Gasteiger partial charge in [-0.1, -0.05) is 12.8 Å². The van der Waals surface area contributed by atoms with E-state index in [4.69, 9.17) is 4.74 Å². The Morgan fingerprint density at radius 3 is 2.57 bits per heavy atom. The predicted octanol–water partition coefficient (Wildman–Crippen LogP) is -0.0328. The maximum Gasteiger partial charge on any atom is 0.331 e. The number of amides is 2. The molecule has 0 spiro atoms. The van der Waals surface area contributed by atoms with Crippen molar-refractivity contribution in [2.45, 2.75) is 37.3 Å². The zero-order valence-corrected chi connectivity index (χ0v) is 12.0. The van der Waals surface area contributed by atoms with E-state index in [2.05, 4.69) is 10.1 Å². The molecule has 118 valence electrons. The molecule has 8 nitrogen and oxygen atoms in total. The third-order valence-electron chi connectivity index (χ3n) is 4.08. The molecule has 0 aromatic rings. The summed E-state index contributed by atoms with van der Waals surface area (Å²) in [5, 5.41) is 12.0. The van der Waals surface area contributed by atoms with Gasteiger partial charge in [-0.2, -0.15) is 0 Å². The summed E-state index contributed by atoms with van der Waals surface area (Å²) < 4.78 is 9.84. The summed E-state index contributed by atoms with van der Waals surface area (Å²) in [5.74, 6) is -1.60. The number of urea groups is 1. The molecule has 1 saturated heterocycles. The zero-order chi connectivity index (χ0) is 15.5. The summed E-state index contributed by atoms with van der Waals surface area (Å²) in [6, 6.07) is -1.39. The minimum atomic E-state index is -1.23. The van der Waals surface area contributed by atoms with Gasteiger partial charge in [-0.25, -0.2) is 14.4 Å². The summed E-state index contributed by atoms with van der Waals surface area (Å²) in [5.41, 5.74) is -1.23. The van der Waals surface area contributed by atoms with Crippen LogP contribution in [0.3, 0.4) is 0 Å². The van der Waals surface area contributed by atoms with E-state index < -0.39 is 29.6 Å². The van der Waals surface area contributed by atoms with Crippen LogP contribution in [0, 0.1) is 0 Å². The van der Waals surface area contributed by atoms with Crippen molar-refractivity contribution in [1.29, 1.82) is 0 Å². The first-order valence-corrected chi connectivity index (χ1v) is 6.98. The summed E-state index contributed by atoms with van der Waals surface area (Å²) in [4.78, 5) is 36.8. The SMILES string of the molecule is COC(=O)C1COCCN1C(=O)NC1(C(=O)O)CCCC1. The molecular weight excluding hydrogens is 280 g/mol. The van der Waals surface area contributed by atoms with Crippen molar-refractivity contribution in [3.05, 3.63) is 0 Å². The monoisotopic (exact) mass is 300 g/mol. The molecule has 0 aromatic carbocycles. The molecule has 0 bridgehead atoms. The molecule has 2 N–H and O–H groups in total. The van der Waals surface area contributed by atoms with Crippen molar-refractivity contribution in [3.63, 3.8) is 0 Å². The van der Waals surface area contributed by atoms with E-state index in [1.165, 1.54) is 12.0 Å². The number of methoxy groups -OCH3 is 1. The average Bonchev–Trinajstić information content (AvgIpc) is 2.96. The first-order chi connectivity index (χ1) is 10.00. The predicted molar refractivity (Wildman–Crippen MR) is 70.7 cm³/mol. The molecule has 2 amide bonds. The fourth-order valence-corrected chi connectivity index (χ4v) is 2.83. The summed E-state index contributed by atoms with van der Waals surface area (Å²) in [6.07, 6.45) is 2.33. The summed E-state index contributed by atoms with van der Waals surface area (Å²) >= 11 is 0. The van der Waals surface area contributed by atoms with E-state index in [1.54, 1.807) is 0 Å². The molecule has 0 aromatic heterocycles. The van der Waals surface area contributed by atoms with E-state index in [1.807, 2.05) is 0 Å². The third-order valence-corrected chi connectivity index (χ3v) is 4.08. The van der Waals surface area contributed by atoms with Crippen molar-refractivity contribution >= 4 is 18.0 Å². The van der Waals surface area contributed by atoms with Gasteiger partial charge >= 0.3 is 18.0 Å². The van der Waals surface area contributed by atoms with Crippen LogP contribution in [0.2, 0.25) is 0 Å². The number of hydrogen-bond acceptors (Lipinski definition) is 5. The van der Waals surface area contributed by atoms with Gasteiger partial charge in [0, 0.05) is 6.54 Å². The Morgan fingerprint density at radius 1 is 1.33 bits per heavy atom. The van der Waals surface area contributed by atoms with Crippen LogP contribution in [0.25, 0.3) is 0 Å². The van der Waals surface area contributed by atoms with Gasteiger partial charge in [0.05, 0.1) is 20.3 Å². The normalized spacial score (nSPS) is 24.4. The number of ether oxygens (including phenoxy) is 2. The Bertz CT molecular complexity index is 432. The second-order valence-electron chi connectivity index (χ2n) is 5.33. The van der Waals surface area contributed by atoms with Crippen LogP contribution in [0.5, 0.6) is 0 Å². The molecular formula is C13H20N2O6. The number of carboxylic acids is 1. The molecule has 2 rings (SSSR count). The Balaban J connectivity index is 2.10. The van der Waals surface area contributed by atoms with Crippen molar-refractivity contribution in [3.8, 4) is 0 Å². The molecule has 2 fully saturated rings. The quantitative estimate of drug-likeness (QED) is 0.709. The maximum absolute atomic E-state index is 12.4. The van der Waals surface area contributed by atoms with E-state index in [-0.39, 0.29) is 13.2 Å². The standard InChI is InChI=1S/C13H20N2O6/c1-20-10(16)9-8-21-7-6-15(9)12(19)14-13(11(17)18)4-2-3-5-13/h9H,2-8H2,1H3,(H,14,19)(H,17,18). The lowest BCUT2D eigenvalue weighted by atomic mass is 9.98. The molecule has 1 unspecified atom stereocenters. The van der Waals surface area contributed by atoms with Gasteiger partial charge in [-0.15, -0.1) is 0 Å². The van der Waals surface area contributed by atoms with E-state index >= 15 is 0 Å². The van der Waals surface area contributed by atoms with E-state index in [0.717, 1.165) is 12.8 Å². The van der Waals surface area contributed by atoms with E-state index in [9.17, 15) is 19.5 Å². The molecule has 1 saturated carbocycles. The van der Waals surface area contributed by atoms with E-state index in [0.29, 0.717) is 19.4 Å². The van der Waals surface area contributed by atoms with Crippen LogP contribution in [-0.2, 0) is 19.1 Å². The highest BCUT2D eigenvalue weighted by Crippen LogP contribution is 2.30. The third kappa shape index (κ3) is 3.10. The summed E-state index contributed by atoms with van der Waals surface area (Å²) in [6.45, 7) is 0.586. The number of rotatable bonds is 3. The first kappa shape index (κ1) is 15.6. The second kappa shape index (κ2) is 6.30. The second-order valence-corrected chi connectivity index (χ2v) is 5.33. The highest BCUT2D eigenvalue weighted by atomic mass is 16.5. The fourth-order valence-electron chi connectivity index (χ4n) is 2.83. The van der Waals surface area contributed by atoms with Crippen LogP contribution in [-0.4, -0.2) is 66.4 Å². The molecule has 21 heavy (non-hydrogen) atoms. The molecule has 1 atom stereocenters. The topological polar surface area (TPSA) is 105 Å². The molecule has 0 radical (unpaired) electrons. The van der Waals surface area contributed by atoms with Gasteiger partial charge < -0.3 is 24.8 Å². The first-order valence-electron chi connectivity index (χ1n) is 6.98. The molecule has 8 heteroatoms. The van der Waals surface area contributed by atoms with Crippen molar-refractivity contribution < 1.29 is 29.0 Å². The van der Waals surface area contributed by atoms with Gasteiger partial charge in [0.2, 0.25) is 0 Å². The van der Waals surface area contributed by atoms with Crippen LogP contribution in [0.4, 0.5) is 4.79 Å². The van der Waals surface area contributed by atoms with Crippen LogP contribution in [0.15, 0.2) is 0 Å². The van der Waals surface area contributed by atoms with Gasteiger partial charge in [0.1, 0.15) is 5.54 Å². The van der Waals surface area contributed by atoms with Gasteiger partial charge in [-0.3, -0.25) is 0 Å². The number of carbonyl (C=O) groups excluding carboxylic acids is 2. The Hall–Kier alpha value is -1.83. The maximum atomic E-state index is 12.4. The number of aliphatic carboxylic acids is 1. The van der Waals surface area contributed by atoms with Gasteiger partial charge in [0.15, 0.2) is 6.04 Å². The Kier molecular flexibility index (Phi) is 4.66. The minimum Gasteiger partial charge on any atom is -0.480 e. The number of carbonyl (C=O) groups is 3. The summed E-state index contributed by atoms with van der Waals surface area (Å²) in [7, 11) is 1.24. The van der Waals surface area contributed by atoms with Crippen LogP contribution >= 0.6 is 0 Å². The molecule has 1 aliphatic carbocycles. The highest BCUT2D eigenvalue weighted by Gasteiger charge is 2.45. The molecule has 1 aliphatic heterocycles. The minimum absolute atomic E-state index is 0.0557. The number of nitrogens with zero attached hydrogens (tertiary/aromatic N) is 1. The lowest BCUT2D eigenvalue weighted by Crippen LogP contribution is -2.61. The van der Waals surface area contributed by atoms with Gasteiger partial charge in [-0.05, 0) is 12.8 Å². The smallest absolute Gasteiger partial charge is 0.331 e. The van der Waals surface area contributed by atoms with Crippen molar-refractivity contribution in [2.75, 3.05) is 26.9 Å². The fraction of sp³-hybridized carbons (Fsp3) is 0.769. The number of hydrogen-bond donors (Lipinski definition) is 2. The number of esters is 1. The molecule has 2 aliphatic rings. The average molecular weight is 300 g/mol. The van der Waals surface area contributed by atoms with Crippen LogP contribution in [0.1, 0.15) is 25.7 Å². The number of carboxylic acid groups (broad SMARTS) is 1. The van der Waals surface area contributed by atoms with Gasteiger partial charge in [0.25, 0.3) is 0 Å². The lowest BCUT2D eigenvalue weighted by Gasteiger charge is -2.36. The lowest BCUT2D eigenvalue weighted by molar-refractivity contribution is -0.151. The zero-order valence-electron chi connectivity index (χ0n) is 12.0. The van der Waals surface area contributed by atoms with Crippen molar-refractivity contribution in [1.82, 2.24) is 10.2 Å². The largest absolute Gasteiger partial charge is 0.480 e. The number of nitrogens with one attached hydrogen (secondary N) is 1. The Labute approximate surface area is 122 Å². The Morgan fingerprint density at radius 2 is 2.00 bits per heavy atom. The van der Waals surface area contributed by atoms with Crippen molar-refractivity contribution in [2.24, 2.45) is 0 Å². The van der Waals surface area contributed by atoms with Crippen LogP contribution < -0.4 is 5.32 Å². The highest BCUT2D eigenvalue weighted by molar-refractivity contribution is 5.89.